The van der Waals surface area contributed by atoms with Crippen LogP contribution in [0.5, 0.6) is 0 Å². The summed E-state index contributed by atoms with van der Waals surface area (Å²) < 4.78 is 126. The van der Waals surface area contributed by atoms with Gasteiger partial charge in [-0.25, -0.2) is 4.39 Å². The molecule has 21 heavy (non-hydrogen) atoms. The van der Waals surface area contributed by atoms with Crippen molar-refractivity contribution in [3.05, 3.63) is 0 Å². The molecule has 0 N–H and O–H groups in total. The van der Waals surface area contributed by atoms with Crippen molar-refractivity contribution in [1.82, 2.24) is 0 Å². The summed E-state index contributed by atoms with van der Waals surface area (Å²) in [4.78, 5) is 0. The summed E-state index contributed by atoms with van der Waals surface area (Å²) in [5.41, 5.74) is 0. The van der Waals surface area contributed by atoms with Crippen LogP contribution in [-0.2, 0) is 0 Å². The monoisotopic (exact) mass is 448 g/mol. The molecule has 0 heterocycles. The number of alkyl halides is 11. The second-order valence-corrected chi connectivity index (χ2v) is 5.35. The van der Waals surface area contributed by atoms with Crippen molar-refractivity contribution in [2.75, 3.05) is 4.43 Å². The number of hydrogen-bond donors (Lipinski definition) is 0. The summed E-state index contributed by atoms with van der Waals surface area (Å²) in [7, 11) is 0. The molecule has 0 aromatic heterocycles. The van der Waals surface area contributed by atoms with Gasteiger partial charge in [0, 0.05) is 0 Å². The van der Waals surface area contributed by atoms with Crippen LogP contribution in [0.1, 0.15) is 25.7 Å². The predicted octanol–water partition coefficient (Wildman–Crippen LogP) is 5.79. The van der Waals surface area contributed by atoms with E-state index in [4.69, 9.17) is 0 Å². The lowest BCUT2D eigenvalue weighted by molar-refractivity contribution is -0.403. The normalized spacial score (nSPS) is 16.1. The third kappa shape index (κ3) is 4.27. The molecular formula is C10H11F10I. The van der Waals surface area contributed by atoms with Crippen molar-refractivity contribution in [2.45, 2.75) is 55.8 Å². The molecule has 0 aromatic carbocycles. The van der Waals surface area contributed by atoms with Crippen molar-refractivity contribution < 1.29 is 43.9 Å². The molecule has 1 unspecified atom stereocenters. The van der Waals surface area contributed by atoms with Crippen LogP contribution in [0, 0.1) is 0 Å². The maximum atomic E-state index is 13.1. The Morgan fingerprint density at radius 1 is 0.714 bits per heavy atom. The van der Waals surface area contributed by atoms with E-state index in [1.807, 2.05) is 22.6 Å². The lowest BCUT2D eigenvalue weighted by Gasteiger charge is -2.35. The molecule has 0 amide bonds. The first-order valence-corrected chi connectivity index (χ1v) is 7.16. The highest BCUT2D eigenvalue weighted by Gasteiger charge is 2.83. The molecule has 0 aromatic rings. The lowest BCUT2D eigenvalue weighted by atomic mass is 9.96. The average Bonchev–Trinajstić information content (AvgIpc) is 2.32. The molecule has 1 atom stereocenters. The van der Waals surface area contributed by atoms with Gasteiger partial charge in [-0.1, -0.05) is 35.4 Å². The molecule has 11 heteroatoms. The maximum absolute atomic E-state index is 13.1. The molecule has 0 spiro atoms. The second-order valence-electron chi connectivity index (χ2n) is 4.28. The van der Waals surface area contributed by atoms with Gasteiger partial charge in [0.1, 0.15) is 0 Å². The first-order chi connectivity index (χ1) is 9.23. The summed E-state index contributed by atoms with van der Waals surface area (Å²) >= 11 is 1.91. The summed E-state index contributed by atoms with van der Waals surface area (Å²) in [6, 6.07) is 0. The van der Waals surface area contributed by atoms with Crippen molar-refractivity contribution >= 4 is 22.6 Å². The van der Waals surface area contributed by atoms with Crippen LogP contribution in [0.2, 0.25) is 0 Å². The molecule has 0 saturated heterocycles. The fourth-order valence-corrected chi connectivity index (χ4v) is 1.90. The van der Waals surface area contributed by atoms with Gasteiger partial charge in [0.15, 0.2) is 6.17 Å². The summed E-state index contributed by atoms with van der Waals surface area (Å²) in [5, 5.41) is 0. The SMILES string of the molecule is FC(CCCCCI)C(F)(F)C(F)(F)C(F)(F)C(F)(F)F. The van der Waals surface area contributed by atoms with Gasteiger partial charge in [0.05, 0.1) is 0 Å². The van der Waals surface area contributed by atoms with Gasteiger partial charge in [-0.3, -0.25) is 0 Å². The number of rotatable bonds is 8. The van der Waals surface area contributed by atoms with Gasteiger partial charge in [-0.05, 0) is 17.3 Å². The molecule has 0 aliphatic heterocycles. The van der Waals surface area contributed by atoms with E-state index in [1.54, 1.807) is 0 Å². The van der Waals surface area contributed by atoms with Crippen LogP contribution in [0.3, 0.4) is 0 Å². The van der Waals surface area contributed by atoms with Crippen LogP contribution < -0.4 is 0 Å². The minimum absolute atomic E-state index is 0.167. The van der Waals surface area contributed by atoms with Crippen LogP contribution in [0.4, 0.5) is 43.9 Å². The van der Waals surface area contributed by atoms with E-state index < -0.39 is 36.5 Å². The highest BCUT2D eigenvalue weighted by molar-refractivity contribution is 14.1. The Balaban J connectivity index is 5.10. The van der Waals surface area contributed by atoms with Gasteiger partial charge in [0.25, 0.3) is 0 Å². The van der Waals surface area contributed by atoms with E-state index in [2.05, 4.69) is 0 Å². The zero-order chi connectivity index (χ0) is 17.1. The minimum atomic E-state index is -7.03. The summed E-state index contributed by atoms with van der Waals surface area (Å²) in [6.07, 6.45) is -11.6. The molecule has 0 aliphatic carbocycles. The topological polar surface area (TPSA) is 0 Å². The quantitative estimate of drug-likeness (QED) is 0.191. The van der Waals surface area contributed by atoms with E-state index in [9.17, 15) is 43.9 Å². The first kappa shape index (κ1) is 21.0. The smallest absolute Gasteiger partial charge is 0.241 e. The summed E-state index contributed by atoms with van der Waals surface area (Å²) in [5.74, 6) is -20.0. The van der Waals surface area contributed by atoms with E-state index in [-0.39, 0.29) is 12.8 Å². The third-order valence-corrected chi connectivity index (χ3v) is 3.42. The molecule has 0 aliphatic rings. The van der Waals surface area contributed by atoms with E-state index >= 15 is 0 Å². The average molecular weight is 448 g/mol. The Kier molecular flexibility index (Phi) is 7.08. The highest BCUT2D eigenvalue weighted by Crippen LogP contribution is 2.54. The number of unbranched alkanes of at least 4 members (excludes halogenated alkanes) is 2. The standard InChI is InChI=1S/C10H11F10I/c11-6(4-2-1-3-5-21)7(12,13)8(14,15)9(16,17)10(18,19)20/h6H,1-5H2. The van der Waals surface area contributed by atoms with Crippen LogP contribution >= 0.6 is 22.6 Å². The Morgan fingerprint density at radius 3 is 1.57 bits per heavy atom. The molecular weight excluding hydrogens is 437 g/mol. The Bertz CT molecular complexity index is 324. The highest BCUT2D eigenvalue weighted by atomic mass is 127. The van der Waals surface area contributed by atoms with Crippen molar-refractivity contribution in [2.24, 2.45) is 0 Å². The maximum Gasteiger partial charge on any atom is 0.460 e. The predicted molar refractivity (Wildman–Crippen MR) is 63.1 cm³/mol. The van der Waals surface area contributed by atoms with Gasteiger partial charge in [-0.15, -0.1) is 0 Å². The largest absolute Gasteiger partial charge is 0.460 e. The summed E-state index contributed by atoms with van der Waals surface area (Å²) in [6.45, 7) is 0. The lowest BCUT2D eigenvalue weighted by Crippen LogP contribution is -2.63. The van der Waals surface area contributed by atoms with Crippen molar-refractivity contribution in [1.29, 1.82) is 0 Å². The van der Waals surface area contributed by atoms with Crippen molar-refractivity contribution in [3.8, 4) is 0 Å². The Hall–Kier alpha value is 0.0300. The van der Waals surface area contributed by atoms with Crippen LogP contribution in [0.25, 0.3) is 0 Å². The number of halogens is 11. The fraction of sp³-hybridized carbons (Fsp3) is 1.00. The minimum Gasteiger partial charge on any atom is -0.241 e. The molecule has 0 radical (unpaired) electrons. The molecule has 128 valence electrons. The molecule has 0 saturated carbocycles. The van der Waals surface area contributed by atoms with Crippen LogP contribution in [-0.4, -0.2) is 34.5 Å². The third-order valence-electron chi connectivity index (χ3n) is 2.65. The second kappa shape index (κ2) is 7.07. The zero-order valence-corrected chi connectivity index (χ0v) is 12.4. The van der Waals surface area contributed by atoms with Crippen LogP contribution in [0.15, 0.2) is 0 Å². The Morgan fingerprint density at radius 2 is 1.19 bits per heavy atom. The molecule has 0 rings (SSSR count). The zero-order valence-electron chi connectivity index (χ0n) is 10.3. The van der Waals surface area contributed by atoms with Gasteiger partial charge < -0.3 is 0 Å². The van der Waals surface area contributed by atoms with Gasteiger partial charge in [0.2, 0.25) is 0 Å². The van der Waals surface area contributed by atoms with E-state index in [0.717, 1.165) is 0 Å². The molecule has 0 nitrogen and oxygen atoms in total. The Labute approximate surface area is 127 Å². The van der Waals surface area contributed by atoms with Gasteiger partial charge in [-0.2, -0.15) is 39.5 Å². The van der Waals surface area contributed by atoms with E-state index in [0.29, 0.717) is 10.8 Å². The van der Waals surface area contributed by atoms with Crippen molar-refractivity contribution in [3.63, 3.8) is 0 Å². The fourth-order valence-electron chi connectivity index (χ4n) is 1.36. The first-order valence-electron chi connectivity index (χ1n) is 5.63. The molecule has 0 bridgehead atoms. The molecule has 0 fully saturated rings. The van der Waals surface area contributed by atoms with Gasteiger partial charge >= 0.3 is 23.9 Å². The number of hydrogen-bond acceptors (Lipinski definition) is 0. The van der Waals surface area contributed by atoms with E-state index in [1.165, 1.54) is 0 Å².